The van der Waals surface area contributed by atoms with E-state index >= 15 is 0 Å². The summed E-state index contributed by atoms with van der Waals surface area (Å²) in [6.07, 6.45) is 2.90. The molecule has 3 nitrogen and oxygen atoms in total. The molecule has 0 amide bonds. The lowest BCUT2D eigenvalue weighted by Gasteiger charge is -2.14. The number of fused-ring (bicyclic) bond motifs is 1. The lowest BCUT2D eigenvalue weighted by Crippen LogP contribution is -2.06. The maximum Gasteiger partial charge on any atom is 0.101 e. The highest BCUT2D eigenvalue weighted by atomic mass is 79.9. The normalized spacial score (nSPS) is 12.5. The van der Waals surface area contributed by atoms with E-state index in [-0.39, 0.29) is 0 Å². The first kappa shape index (κ1) is 14.4. The average molecular weight is 364 g/mol. The average Bonchev–Trinajstić information content (AvgIpc) is 2.49. The van der Waals surface area contributed by atoms with Crippen LogP contribution in [0.2, 0.25) is 5.02 Å². The van der Waals surface area contributed by atoms with Gasteiger partial charge >= 0.3 is 0 Å². The van der Waals surface area contributed by atoms with E-state index in [9.17, 15) is 5.11 Å². The van der Waals surface area contributed by atoms with E-state index in [0.29, 0.717) is 17.1 Å². The molecular weight excluding hydrogens is 352 g/mol. The summed E-state index contributed by atoms with van der Waals surface area (Å²) in [5, 5.41) is 12.0. The van der Waals surface area contributed by atoms with Crippen LogP contribution in [0.3, 0.4) is 0 Å². The Kier molecular flexibility index (Phi) is 4.19. The highest BCUT2D eigenvalue weighted by Gasteiger charge is 2.16. The Morgan fingerprint density at radius 1 is 1.24 bits per heavy atom. The molecule has 0 aliphatic rings. The number of aromatic nitrogens is 2. The van der Waals surface area contributed by atoms with Crippen LogP contribution in [0.25, 0.3) is 10.9 Å². The van der Waals surface area contributed by atoms with Crippen molar-refractivity contribution in [3.8, 4) is 0 Å². The van der Waals surface area contributed by atoms with Crippen LogP contribution in [-0.4, -0.2) is 15.1 Å². The van der Waals surface area contributed by atoms with Crippen LogP contribution in [0.15, 0.2) is 53.3 Å². The number of para-hydroxylation sites is 1. The Morgan fingerprint density at radius 3 is 2.86 bits per heavy atom. The van der Waals surface area contributed by atoms with Crippen LogP contribution < -0.4 is 0 Å². The fourth-order valence-corrected chi connectivity index (χ4v) is 3.01. The number of hydrogen-bond donors (Lipinski definition) is 1. The Hall–Kier alpha value is -1.49. The van der Waals surface area contributed by atoms with Crippen LogP contribution >= 0.6 is 27.5 Å². The summed E-state index contributed by atoms with van der Waals surface area (Å²) in [7, 11) is 0. The molecule has 0 aliphatic carbocycles. The zero-order valence-electron chi connectivity index (χ0n) is 11.0. The van der Waals surface area contributed by atoms with E-state index in [1.807, 2.05) is 30.3 Å². The van der Waals surface area contributed by atoms with E-state index in [1.54, 1.807) is 18.5 Å². The van der Waals surface area contributed by atoms with Crippen molar-refractivity contribution in [1.29, 1.82) is 0 Å². The number of nitrogens with zero attached hydrogens (tertiary/aromatic N) is 2. The van der Waals surface area contributed by atoms with Crippen LogP contribution in [0.5, 0.6) is 0 Å². The maximum absolute atomic E-state index is 10.5. The molecule has 3 rings (SSSR count). The summed E-state index contributed by atoms with van der Waals surface area (Å²) in [6.45, 7) is 0. The van der Waals surface area contributed by atoms with Crippen LogP contribution in [0.4, 0.5) is 0 Å². The molecule has 0 saturated heterocycles. The van der Waals surface area contributed by atoms with Gasteiger partial charge in [0.1, 0.15) is 6.10 Å². The number of aliphatic hydroxyl groups excluding tert-OH is 1. The number of benzene rings is 1. The van der Waals surface area contributed by atoms with Gasteiger partial charge in [-0.2, -0.15) is 0 Å². The summed E-state index contributed by atoms with van der Waals surface area (Å²) >= 11 is 9.57. The second-order valence-electron chi connectivity index (χ2n) is 4.74. The molecule has 21 heavy (non-hydrogen) atoms. The van der Waals surface area contributed by atoms with Gasteiger partial charge < -0.3 is 5.11 Å². The Bertz CT molecular complexity index is 794. The Morgan fingerprint density at radius 2 is 2.05 bits per heavy atom. The molecule has 0 bridgehead atoms. The summed E-state index contributed by atoms with van der Waals surface area (Å²) in [4.78, 5) is 8.49. The lowest BCUT2D eigenvalue weighted by molar-refractivity contribution is 0.173. The van der Waals surface area contributed by atoms with Crippen LogP contribution in [0, 0.1) is 0 Å². The van der Waals surface area contributed by atoms with Crippen molar-refractivity contribution >= 4 is 38.4 Å². The topological polar surface area (TPSA) is 46.0 Å². The molecule has 0 radical (unpaired) electrons. The fraction of sp³-hybridized carbons (Fsp3) is 0.125. The summed E-state index contributed by atoms with van der Waals surface area (Å²) < 4.78 is 0.791. The number of halogens is 2. The molecule has 106 valence electrons. The van der Waals surface area contributed by atoms with E-state index < -0.39 is 6.10 Å². The van der Waals surface area contributed by atoms with Gasteiger partial charge in [-0.1, -0.05) is 29.8 Å². The smallest absolute Gasteiger partial charge is 0.101 e. The Labute approximate surface area is 135 Å². The number of pyridine rings is 2. The summed E-state index contributed by atoms with van der Waals surface area (Å²) in [5.74, 6) is 0. The van der Waals surface area contributed by atoms with E-state index in [2.05, 4.69) is 25.9 Å². The van der Waals surface area contributed by atoms with Crippen LogP contribution in [0.1, 0.15) is 17.4 Å². The zero-order valence-corrected chi connectivity index (χ0v) is 13.3. The number of aliphatic hydroxyl groups is 1. The van der Waals surface area contributed by atoms with Gasteiger partial charge in [0.25, 0.3) is 0 Å². The highest BCUT2D eigenvalue weighted by Crippen LogP contribution is 2.29. The minimum absolute atomic E-state index is 0.394. The number of hydrogen-bond acceptors (Lipinski definition) is 3. The third kappa shape index (κ3) is 3.07. The third-order valence-electron chi connectivity index (χ3n) is 3.29. The molecule has 0 spiro atoms. The van der Waals surface area contributed by atoms with Crippen molar-refractivity contribution in [2.75, 3.05) is 0 Å². The third-order valence-corrected chi connectivity index (χ3v) is 4.27. The van der Waals surface area contributed by atoms with Gasteiger partial charge in [0.05, 0.1) is 16.2 Å². The number of rotatable bonds is 3. The minimum Gasteiger partial charge on any atom is -0.386 e. The second kappa shape index (κ2) is 6.10. The predicted molar refractivity (Wildman–Crippen MR) is 87.4 cm³/mol. The molecule has 5 heteroatoms. The van der Waals surface area contributed by atoms with Crippen molar-refractivity contribution in [3.05, 3.63) is 69.5 Å². The van der Waals surface area contributed by atoms with E-state index in [1.165, 1.54) is 0 Å². The molecule has 1 N–H and O–H groups in total. The largest absolute Gasteiger partial charge is 0.386 e. The molecule has 1 atom stereocenters. The zero-order chi connectivity index (χ0) is 14.8. The summed E-state index contributed by atoms with van der Waals surface area (Å²) in [6, 6.07) is 11.6. The lowest BCUT2D eigenvalue weighted by atomic mass is 10.1. The molecule has 2 heterocycles. The SMILES string of the molecule is OC(Cc1ccncc1Cl)c1nc2ccccc2cc1Br. The van der Waals surface area contributed by atoms with Crippen molar-refractivity contribution in [3.63, 3.8) is 0 Å². The van der Waals surface area contributed by atoms with Gasteiger partial charge in [0.15, 0.2) is 0 Å². The van der Waals surface area contributed by atoms with E-state index in [0.717, 1.165) is 20.9 Å². The first-order chi connectivity index (χ1) is 10.1. The minimum atomic E-state index is -0.733. The molecule has 0 fully saturated rings. The van der Waals surface area contributed by atoms with Crippen molar-refractivity contribution in [2.45, 2.75) is 12.5 Å². The van der Waals surface area contributed by atoms with Crippen molar-refractivity contribution in [2.24, 2.45) is 0 Å². The first-order valence-electron chi connectivity index (χ1n) is 6.47. The van der Waals surface area contributed by atoms with Crippen molar-refractivity contribution < 1.29 is 5.11 Å². The molecule has 0 aliphatic heterocycles. The standard InChI is InChI=1S/C16H12BrClN2O/c17-12-7-11-3-1-2-4-14(11)20-16(12)15(21)8-10-5-6-19-9-13(10)18/h1-7,9,15,21H,8H2. The second-order valence-corrected chi connectivity index (χ2v) is 6.00. The van der Waals surface area contributed by atoms with Crippen LogP contribution in [-0.2, 0) is 6.42 Å². The molecule has 3 aromatic rings. The molecule has 0 saturated carbocycles. The monoisotopic (exact) mass is 362 g/mol. The summed E-state index contributed by atoms with van der Waals surface area (Å²) in [5.41, 5.74) is 2.32. The van der Waals surface area contributed by atoms with E-state index in [4.69, 9.17) is 11.6 Å². The van der Waals surface area contributed by atoms with Crippen molar-refractivity contribution in [1.82, 2.24) is 9.97 Å². The predicted octanol–water partition coefficient (Wildman–Crippen LogP) is 4.32. The highest BCUT2D eigenvalue weighted by molar-refractivity contribution is 9.10. The van der Waals surface area contributed by atoms with Gasteiger partial charge in [-0.3, -0.25) is 4.98 Å². The van der Waals surface area contributed by atoms with Gasteiger partial charge in [-0.05, 0) is 39.7 Å². The maximum atomic E-state index is 10.5. The molecule has 1 unspecified atom stereocenters. The quantitative estimate of drug-likeness (QED) is 0.753. The van der Waals surface area contributed by atoms with Gasteiger partial charge in [0.2, 0.25) is 0 Å². The first-order valence-corrected chi connectivity index (χ1v) is 7.64. The van der Waals surface area contributed by atoms with Gasteiger partial charge in [0, 0.05) is 28.7 Å². The fourth-order valence-electron chi connectivity index (χ4n) is 2.21. The van der Waals surface area contributed by atoms with Gasteiger partial charge in [-0.15, -0.1) is 0 Å². The molecule has 1 aromatic carbocycles. The Balaban J connectivity index is 1.96. The molecule has 2 aromatic heterocycles. The molecular formula is C16H12BrClN2O. The van der Waals surface area contributed by atoms with Gasteiger partial charge in [-0.25, -0.2) is 4.98 Å².